The topological polar surface area (TPSA) is 40.1 Å². The largest absolute Gasteiger partial charge is 0.435 e. The lowest BCUT2D eigenvalue weighted by atomic mass is 10.2. The molecule has 0 heterocycles. The van der Waals surface area contributed by atoms with Crippen molar-refractivity contribution in [2.45, 2.75) is 25.8 Å². The molecule has 5 nitrogen and oxygen atoms in total. The van der Waals surface area contributed by atoms with E-state index in [2.05, 4.69) is 15.0 Å². The fourth-order valence-electron chi connectivity index (χ4n) is 2.44. The van der Waals surface area contributed by atoms with Crippen LogP contribution in [0.2, 0.25) is 0 Å². The first kappa shape index (κ1) is 22.9. The van der Waals surface area contributed by atoms with Gasteiger partial charge in [-0.1, -0.05) is 12.1 Å². The van der Waals surface area contributed by atoms with Gasteiger partial charge in [0.05, 0.1) is 6.54 Å². The van der Waals surface area contributed by atoms with Crippen molar-refractivity contribution in [1.82, 2.24) is 15.1 Å². The van der Waals surface area contributed by atoms with Crippen LogP contribution in [0.3, 0.4) is 0 Å². The molecule has 0 spiro atoms. The minimum Gasteiger partial charge on any atom is -0.435 e. The third-order valence-electron chi connectivity index (χ3n) is 3.59. The van der Waals surface area contributed by atoms with E-state index in [4.69, 9.17) is 0 Å². The van der Waals surface area contributed by atoms with Gasteiger partial charge in [0, 0.05) is 27.2 Å². The summed E-state index contributed by atoms with van der Waals surface area (Å²) in [5.41, 5.74) is 0.868. The third kappa shape index (κ3) is 9.97. The summed E-state index contributed by atoms with van der Waals surface area (Å²) in [6.45, 7) is -2.55. The molecule has 0 saturated carbocycles. The predicted octanol–water partition coefficient (Wildman–Crippen LogP) is 3.18. The summed E-state index contributed by atoms with van der Waals surface area (Å²) < 4.78 is 65.4. The van der Waals surface area contributed by atoms with Crippen LogP contribution in [-0.2, 0) is 6.54 Å². The van der Waals surface area contributed by atoms with E-state index < -0.39 is 19.3 Å². The van der Waals surface area contributed by atoms with Crippen molar-refractivity contribution in [3.05, 3.63) is 29.8 Å². The Bertz CT molecular complexity index is 578. The van der Waals surface area contributed by atoms with Gasteiger partial charge >= 0.3 is 12.8 Å². The minimum absolute atomic E-state index is 0.0851. The van der Waals surface area contributed by atoms with E-state index in [9.17, 15) is 22.0 Å². The van der Waals surface area contributed by atoms with Gasteiger partial charge in [0.2, 0.25) is 0 Å². The van der Waals surface area contributed by atoms with Crippen molar-refractivity contribution in [2.75, 3.05) is 40.8 Å². The Hall–Kier alpha value is -2.10. The number of alkyl halides is 5. The summed E-state index contributed by atoms with van der Waals surface area (Å²) in [5, 5.41) is 3.09. The Labute approximate surface area is 155 Å². The molecule has 10 heteroatoms. The number of guanidine groups is 1. The number of nitrogens with zero attached hydrogens (tertiary/aromatic N) is 3. The SMILES string of the molecule is CN=C(NCCCN(C)CC(F)(F)F)N(C)Cc1ccc(OC(F)F)cc1. The van der Waals surface area contributed by atoms with E-state index >= 15 is 0 Å². The first-order valence-electron chi connectivity index (χ1n) is 8.31. The standard InChI is InChI=1S/C17H25F5N4O/c1-23-16(24-9-4-10-25(2)12-17(20,21)22)26(3)11-13-5-7-14(8-6-13)27-15(18)19/h5-8,15H,4,9-12H2,1-3H3,(H,23,24). The lowest BCUT2D eigenvalue weighted by Gasteiger charge is -2.23. The van der Waals surface area contributed by atoms with Crippen LogP contribution < -0.4 is 10.1 Å². The molecular formula is C17H25F5N4O. The predicted molar refractivity (Wildman–Crippen MR) is 94.1 cm³/mol. The third-order valence-corrected chi connectivity index (χ3v) is 3.59. The second kappa shape index (κ2) is 10.9. The molecule has 0 atom stereocenters. The van der Waals surface area contributed by atoms with Crippen LogP contribution in [0.25, 0.3) is 0 Å². The van der Waals surface area contributed by atoms with Gasteiger partial charge in [0.15, 0.2) is 5.96 Å². The molecule has 0 aromatic heterocycles. The first-order valence-corrected chi connectivity index (χ1v) is 8.31. The van der Waals surface area contributed by atoms with Crippen molar-refractivity contribution >= 4 is 5.96 Å². The number of aliphatic imine (C=N–C) groups is 1. The lowest BCUT2D eigenvalue weighted by Crippen LogP contribution is -2.40. The number of benzene rings is 1. The second-order valence-electron chi connectivity index (χ2n) is 6.06. The van der Waals surface area contributed by atoms with Gasteiger partial charge in [-0.2, -0.15) is 22.0 Å². The maximum atomic E-state index is 12.3. The van der Waals surface area contributed by atoms with Crippen LogP contribution in [0, 0.1) is 0 Å². The average molecular weight is 396 g/mol. The summed E-state index contributed by atoms with van der Waals surface area (Å²) in [7, 11) is 4.83. The van der Waals surface area contributed by atoms with Crippen LogP contribution in [0.1, 0.15) is 12.0 Å². The molecule has 1 rings (SSSR count). The van der Waals surface area contributed by atoms with Crippen LogP contribution in [0.4, 0.5) is 22.0 Å². The zero-order chi connectivity index (χ0) is 20.4. The van der Waals surface area contributed by atoms with Crippen molar-refractivity contribution in [2.24, 2.45) is 4.99 Å². The van der Waals surface area contributed by atoms with Gasteiger partial charge in [-0.15, -0.1) is 0 Å². The molecule has 0 unspecified atom stereocenters. The molecule has 0 aliphatic rings. The van der Waals surface area contributed by atoms with Crippen LogP contribution in [0.15, 0.2) is 29.3 Å². The fraction of sp³-hybridized carbons (Fsp3) is 0.588. The number of rotatable bonds is 9. The highest BCUT2D eigenvalue weighted by molar-refractivity contribution is 5.79. The molecule has 0 aliphatic heterocycles. The van der Waals surface area contributed by atoms with E-state index in [0.717, 1.165) is 5.56 Å². The second-order valence-corrected chi connectivity index (χ2v) is 6.06. The van der Waals surface area contributed by atoms with Gasteiger partial charge in [0.1, 0.15) is 5.75 Å². The molecule has 1 aromatic carbocycles. The maximum absolute atomic E-state index is 12.3. The van der Waals surface area contributed by atoms with Crippen molar-refractivity contribution in [1.29, 1.82) is 0 Å². The number of hydrogen-bond donors (Lipinski definition) is 1. The molecule has 0 bridgehead atoms. The summed E-state index contributed by atoms with van der Waals surface area (Å²) in [5.74, 6) is 0.670. The van der Waals surface area contributed by atoms with Gasteiger partial charge < -0.3 is 15.0 Å². The number of ether oxygens (including phenoxy) is 1. The number of hydrogen-bond acceptors (Lipinski definition) is 3. The molecule has 154 valence electrons. The maximum Gasteiger partial charge on any atom is 0.401 e. The highest BCUT2D eigenvalue weighted by Gasteiger charge is 2.28. The monoisotopic (exact) mass is 396 g/mol. The smallest absolute Gasteiger partial charge is 0.401 e. The summed E-state index contributed by atoms with van der Waals surface area (Å²) in [6, 6.07) is 6.27. The Morgan fingerprint density at radius 3 is 2.33 bits per heavy atom. The quantitative estimate of drug-likeness (QED) is 0.301. The summed E-state index contributed by atoms with van der Waals surface area (Å²) in [6.07, 6.45) is -3.67. The minimum atomic E-state index is -4.20. The molecule has 1 N–H and O–H groups in total. The molecule has 1 aromatic rings. The zero-order valence-corrected chi connectivity index (χ0v) is 15.6. The number of nitrogens with one attached hydrogen (secondary N) is 1. The van der Waals surface area contributed by atoms with Gasteiger partial charge in [-0.25, -0.2) is 0 Å². The first-order chi connectivity index (χ1) is 12.6. The fourth-order valence-corrected chi connectivity index (χ4v) is 2.44. The lowest BCUT2D eigenvalue weighted by molar-refractivity contribution is -0.143. The molecule has 0 fully saturated rings. The summed E-state index contributed by atoms with van der Waals surface area (Å²) in [4.78, 5) is 7.17. The van der Waals surface area contributed by atoms with Crippen LogP contribution >= 0.6 is 0 Å². The average Bonchev–Trinajstić information content (AvgIpc) is 2.54. The molecule has 27 heavy (non-hydrogen) atoms. The molecule has 0 radical (unpaired) electrons. The van der Waals surface area contributed by atoms with E-state index in [1.807, 2.05) is 4.90 Å². The van der Waals surface area contributed by atoms with Gasteiger partial charge in [0.25, 0.3) is 0 Å². The van der Waals surface area contributed by atoms with E-state index in [0.29, 0.717) is 32.0 Å². The Morgan fingerprint density at radius 2 is 1.81 bits per heavy atom. The molecule has 0 amide bonds. The van der Waals surface area contributed by atoms with Gasteiger partial charge in [-0.3, -0.25) is 9.89 Å². The van der Waals surface area contributed by atoms with E-state index in [1.165, 1.54) is 24.1 Å². The summed E-state index contributed by atoms with van der Waals surface area (Å²) >= 11 is 0. The van der Waals surface area contributed by atoms with Gasteiger partial charge in [-0.05, 0) is 37.7 Å². The highest BCUT2D eigenvalue weighted by atomic mass is 19.4. The number of halogens is 5. The highest BCUT2D eigenvalue weighted by Crippen LogP contribution is 2.16. The molecule has 0 aliphatic carbocycles. The van der Waals surface area contributed by atoms with Crippen molar-refractivity contribution < 1.29 is 26.7 Å². The van der Waals surface area contributed by atoms with E-state index in [-0.39, 0.29) is 5.75 Å². The Balaban J connectivity index is 2.40. The van der Waals surface area contributed by atoms with Crippen LogP contribution in [0.5, 0.6) is 5.75 Å². The Morgan fingerprint density at radius 1 is 1.19 bits per heavy atom. The van der Waals surface area contributed by atoms with Crippen molar-refractivity contribution in [3.8, 4) is 5.75 Å². The Kier molecular flexibility index (Phi) is 9.27. The molecular weight excluding hydrogens is 371 g/mol. The zero-order valence-electron chi connectivity index (χ0n) is 15.6. The van der Waals surface area contributed by atoms with E-state index in [1.54, 1.807) is 26.2 Å². The van der Waals surface area contributed by atoms with Crippen molar-refractivity contribution in [3.63, 3.8) is 0 Å². The normalized spacial score (nSPS) is 12.6. The van der Waals surface area contributed by atoms with Crippen LogP contribution in [-0.4, -0.2) is 69.3 Å². The molecule has 0 saturated heterocycles.